The fraction of sp³-hybridized carbons (Fsp3) is 0.292. The molecule has 0 spiro atoms. The van der Waals surface area contributed by atoms with Crippen LogP contribution in [0, 0.1) is 4.77 Å². The molecule has 0 radical (unpaired) electrons. The van der Waals surface area contributed by atoms with Gasteiger partial charge in [0, 0.05) is 25.2 Å². The van der Waals surface area contributed by atoms with E-state index in [-0.39, 0.29) is 0 Å². The van der Waals surface area contributed by atoms with Crippen LogP contribution < -0.4 is 0 Å². The van der Waals surface area contributed by atoms with Gasteiger partial charge in [-0.1, -0.05) is 48.5 Å². The number of nitrogens with zero attached hydrogens (tertiary/aromatic N) is 2. The largest absolute Gasteiger partial charge is 0.331 e. The molecule has 28 heavy (non-hydrogen) atoms. The summed E-state index contributed by atoms with van der Waals surface area (Å²) in [5, 5.41) is 2.88. The molecule has 1 aromatic heterocycles. The van der Waals surface area contributed by atoms with Gasteiger partial charge in [0.2, 0.25) is 0 Å². The number of aromatic nitrogens is 2. The van der Waals surface area contributed by atoms with E-state index >= 15 is 0 Å². The van der Waals surface area contributed by atoms with Crippen LogP contribution in [-0.4, -0.2) is 27.5 Å². The number of rotatable bonds is 2. The predicted octanol–water partition coefficient (Wildman–Crippen LogP) is 5.79. The number of benzene rings is 3. The summed E-state index contributed by atoms with van der Waals surface area (Å²) in [5.41, 5.74) is 5.42. The number of imidazole rings is 1. The van der Waals surface area contributed by atoms with Crippen molar-refractivity contribution < 1.29 is 0 Å². The van der Waals surface area contributed by atoms with E-state index in [2.05, 4.69) is 75.1 Å². The first-order chi connectivity index (χ1) is 13.8. The molecule has 6 rings (SSSR count). The van der Waals surface area contributed by atoms with Crippen molar-refractivity contribution in [3.05, 3.63) is 76.6 Å². The molecule has 2 heterocycles. The maximum atomic E-state index is 5.65. The van der Waals surface area contributed by atoms with Crippen molar-refractivity contribution in [3.8, 4) is 0 Å². The molecule has 0 amide bonds. The number of likely N-dealkylation sites (tertiary alicyclic amines) is 1. The van der Waals surface area contributed by atoms with Gasteiger partial charge in [0.15, 0.2) is 4.77 Å². The Morgan fingerprint density at radius 3 is 2.54 bits per heavy atom. The molecule has 1 N–H and O–H groups in total. The quantitative estimate of drug-likeness (QED) is 0.442. The Labute approximate surface area is 169 Å². The predicted molar refractivity (Wildman–Crippen MR) is 117 cm³/mol. The van der Waals surface area contributed by atoms with Gasteiger partial charge in [0.1, 0.15) is 0 Å². The highest BCUT2D eigenvalue weighted by molar-refractivity contribution is 7.71. The summed E-state index contributed by atoms with van der Waals surface area (Å²) in [4.78, 5) is 6.08. The SMILES string of the molecule is S=c1[nH]c2ccccc2n1C1CCN(C2Cc3cccc4cccc2c34)CC1. The maximum absolute atomic E-state index is 5.65. The number of nitrogens with one attached hydrogen (secondary N) is 1. The van der Waals surface area contributed by atoms with Crippen LogP contribution in [0.4, 0.5) is 0 Å². The molecule has 140 valence electrons. The van der Waals surface area contributed by atoms with Crippen molar-refractivity contribution in [1.29, 1.82) is 0 Å². The highest BCUT2D eigenvalue weighted by atomic mass is 32.1. The van der Waals surface area contributed by atoms with Crippen LogP contribution in [0.15, 0.2) is 60.7 Å². The Morgan fingerprint density at radius 1 is 0.893 bits per heavy atom. The van der Waals surface area contributed by atoms with Crippen molar-refractivity contribution in [2.24, 2.45) is 0 Å². The van der Waals surface area contributed by atoms with Crippen LogP contribution in [0.25, 0.3) is 21.8 Å². The third kappa shape index (κ3) is 2.41. The number of hydrogen-bond acceptors (Lipinski definition) is 2. The minimum absolute atomic E-state index is 0.486. The number of H-pyrrole nitrogens is 1. The number of aromatic amines is 1. The van der Waals surface area contributed by atoms with Gasteiger partial charge in [-0.15, -0.1) is 0 Å². The topological polar surface area (TPSA) is 24.0 Å². The molecule has 3 nitrogen and oxygen atoms in total. The first kappa shape index (κ1) is 16.5. The molecular formula is C24H23N3S. The second-order valence-electron chi connectivity index (χ2n) is 8.17. The lowest BCUT2D eigenvalue weighted by Gasteiger charge is -2.37. The maximum Gasteiger partial charge on any atom is 0.178 e. The Hall–Kier alpha value is -2.43. The minimum Gasteiger partial charge on any atom is -0.331 e. The van der Waals surface area contributed by atoms with Crippen molar-refractivity contribution in [1.82, 2.24) is 14.5 Å². The Bertz CT molecular complexity index is 1240. The lowest BCUT2D eigenvalue weighted by atomic mass is 9.99. The lowest BCUT2D eigenvalue weighted by Crippen LogP contribution is -2.37. The first-order valence-electron chi connectivity index (χ1n) is 10.2. The fourth-order valence-electron chi connectivity index (χ4n) is 5.43. The van der Waals surface area contributed by atoms with Crippen LogP contribution in [0.3, 0.4) is 0 Å². The number of fused-ring (bicyclic) bond motifs is 1. The highest BCUT2D eigenvalue weighted by Gasteiger charge is 2.32. The van der Waals surface area contributed by atoms with Crippen molar-refractivity contribution in [2.75, 3.05) is 13.1 Å². The van der Waals surface area contributed by atoms with E-state index < -0.39 is 0 Å². The van der Waals surface area contributed by atoms with E-state index in [1.807, 2.05) is 0 Å². The Balaban J connectivity index is 1.27. The molecule has 1 saturated heterocycles. The zero-order valence-corrected chi connectivity index (χ0v) is 16.6. The van der Waals surface area contributed by atoms with Gasteiger partial charge in [-0.25, -0.2) is 0 Å². The summed E-state index contributed by atoms with van der Waals surface area (Å²) in [6.45, 7) is 2.25. The summed E-state index contributed by atoms with van der Waals surface area (Å²) < 4.78 is 3.21. The summed E-state index contributed by atoms with van der Waals surface area (Å²) in [6, 6.07) is 23.0. The normalized spacial score (nSPS) is 20.4. The second-order valence-corrected chi connectivity index (χ2v) is 8.55. The summed E-state index contributed by atoms with van der Waals surface area (Å²) in [5.74, 6) is 0. The van der Waals surface area contributed by atoms with Crippen LogP contribution in [0.2, 0.25) is 0 Å². The van der Waals surface area contributed by atoms with Crippen molar-refractivity contribution >= 4 is 34.0 Å². The molecular weight excluding hydrogens is 362 g/mol. The Morgan fingerprint density at radius 2 is 1.68 bits per heavy atom. The smallest absolute Gasteiger partial charge is 0.178 e. The van der Waals surface area contributed by atoms with Gasteiger partial charge in [-0.2, -0.15) is 0 Å². The number of piperidine rings is 1. The molecule has 0 bridgehead atoms. The Kier molecular flexibility index (Phi) is 3.71. The molecule has 2 aliphatic rings. The second kappa shape index (κ2) is 6.29. The van der Waals surface area contributed by atoms with Crippen LogP contribution in [0.1, 0.15) is 36.1 Å². The first-order valence-corrected chi connectivity index (χ1v) is 10.6. The molecule has 3 aromatic carbocycles. The van der Waals surface area contributed by atoms with Gasteiger partial charge in [-0.3, -0.25) is 4.90 Å². The monoisotopic (exact) mass is 385 g/mol. The van der Waals surface area contributed by atoms with E-state index in [0.717, 1.165) is 42.6 Å². The van der Waals surface area contributed by atoms with Crippen molar-refractivity contribution in [3.63, 3.8) is 0 Å². The summed E-state index contributed by atoms with van der Waals surface area (Å²) in [7, 11) is 0. The van der Waals surface area contributed by atoms with Crippen LogP contribution >= 0.6 is 12.2 Å². The average molecular weight is 386 g/mol. The molecule has 1 atom stereocenters. The average Bonchev–Trinajstić information content (AvgIpc) is 3.27. The molecule has 0 saturated carbocycles. The van der Waals surface area contributed by atoms with E-state index in [1.165, 1.54) is 27.4 Å². The number of para-hydroxylation sites is 2. The molecule has 1 fully saturated rings. The van der Waals surface area contributed by atoms with Gasteiger partial charge >= 0.3 is 0 Å². The van der Waals surface area contributed by atoms with Crippen LogP contribution in [-0.2, 0) is 6.42 Å². The fourth-order valence-corrected chi connectivity index (χ4v) is 5.79. The van der Waals surface area contributed by atoms with Gasteiger partial charge in [0.25, 0.3) is 0 Å². The van der Waals surface area contributed by atoms with E-state index in [9.17, 15) is 0 Å². The zero-order valence-electron chi connectivity index (χ0n) is 15.8. The van der Waals surface area contributed by atoms with Crippen molar-refractivity contribution in [2.45, 2.75) is 31.3 Å². The third-order valence-corrected chi connectivity index (χ3v) is 7.02. The third-order valence-electron chi connectivity index (χ3n) is 6.72. The summed E-state index contributed by atoms with van der Waals surface area (Å²) in [6.07, 6.45) is 3.45. The molecule has 1 unspecified atom stereocenters. The zero-order chi connectivity index (χ0) is 18.7. The van der Waals surface area contributed by atoms with E-state index in [0.29, 0.717) is 12.1 Å². The van der Waals surface area contributed by atoms with Gasteiger partial charge < -0.3 is 9.55 Å². The summed E-state index contributed by atoms with van der Waals surface area (Å²) >= 11 is 5.65. The van der Waals surface area contributed by atoms with Crippen LogP contribution in [0.5, 0.6) is 0 Å². The van der Waals surface area contributed by atoms with Gasteiger partial charge in [-0.05, 0) is 65.5 Å². The highest BCUT2D eigenvalue weighted by Crippen LogP contribution is 2.42. The van der Waals surface area contributed by atoms with Gasteiger partial charge in [0.05, 0.1) is 11.0 Å². The lowest BCUT2D eigenvalue weighted by molar-refractivity contribution is 0.138. The molecule has 1 aliphatic carbocycles. The molecule has 1 aliphatic heterocycles. The van der Waals surface area contributed by atoms with E-state index in [1.54, 1.807) is 0 Å². The molecule has 4 aromatic rings. The standard InChI is InChI=1S/C24H23N3S/c28-24-25-20-9-1-2-10-21(20)27(24)18-11-13-26(14-12-18)22-15-17-7-3-5-16-6-4-8-19(22)23(16)17/h1-10,18,22H,11-15H2,(H,25,28). The number of hydrogen-bond donors (Lipinski definition) is 1. The van der Waals surface area contributed by atoms with E-state index in [4.69, 9.17) is 12.2 Å². The molecule has 4 heteroatoms. The minimum atomic E-state index is 0.486.